The van der Waals surface area contributed by atoms with Gasteiger partial charge in [-0.25, -0.2) is 9.59 Å². The highest BCUT2D eigenvalue weighted by molar-refractivity contribution is 6.29. The minimum atomic E-state index is -1.03. The van der Waals surface area contributed by atoms with Crippen molar-refractivity contribution in [3.8, 4) is 0 Å². The van der Waals surface area contributed by atoms with Crippen LogP contribution in [0.1, 0.15) is 57.8 Å². The number of esters is 2. The second kappa shape index (κ2) is 5.46. The van der Waals surface area contributed by atoms with Gasteiger partial charge < -0.3 is 9.47 Å². The fourth-order valence-electron chi connectivity index (χ4n) is 2.78. The Balaban J connectivity index is 1.86. The molecule has 0 bridgehead atoms. The van der Waals surface area contributed by atoms with Gasteiger partial charge in [0.2, 0.25) is 0 Å². The molecule has 2 fully saturated rings. The Hall–Kier alpha value is -1.14. The molecule has 19 heavy (non-hydrogen) atoms. The van der Waals surface area contributed by atoms with E-state index in [9.17, 15) is 9.59 Å². The summed E-state index contributed by atoms with van der Waals surface area (Å²) < 4.78 is 10.2. The normalized spacial score (nSPS) is 24.7. The average Bonchev–Trinajstić information content (AvgIpc) is 2.76. The third-order valence-corrected chi connectivity index (χ3v) is 3.91. The molecule has 0 spiro atoms. The molecule has 0 aliphatic heterocycles. The van der Waals surface area contributed by atoms with Crippen LogP contribution < -0.4 is 11.5 Å². The predicted octanol–water partition coefficient (Wildman–Crippen LogP) is 0.921. The van der Waals surface area contributed by atoms with E-state index in [1.54, 1.807) is 0 Å². The van der Waals surface area contributed by atoms with Crippen LogP contribution in [-0.2, 0) is 19.1 Å². The van der Waals surface area contributed by atoms with E-state index >= 15 is 0 Å². The molecule has 2 aliphatic rings. The Morgan fingerprint density at radius 1 is 0.684 bits per heavy atom. The van der Waals surface area contributed by atoms with Gasteiger partial charge in [0, 0.05) is 25.7 Å². The van der Waals surface area contributed by atoms with Crippen molar-refractivity contribution in [2.45, 2.75) is 69.2 Å². The Labute approximate surface area is 112 Å². The molecule has 0 unspecified atom stereocenters. The molecular weight excluding hydrogens is 248 g/mol. The SMILES string of the molecule is NC1(OC(=O)C(=O)OC2(N)CCCC2)CCCCC1. The molecule has 0 radical (unpaired) electrons. The maximum Gasteiger partial charge on any atom is 0.419 e. The van der Waals surface area contributed by atoms with Crippen LogP contribution in [0.5, 0.6) is 0 Å². The number of rotatable bonds is 2. The first-order valence-electron chi connectivity index (χ1n) is 6.97. The molecule has 0 heterocycles. The first-order valence-corrected chi connectivity index (χ1v) is 6.97. The van der Waals surface area contributed by atoms with Crippen LogP contribution in [0, 0.1) is 0 Å². The summed E-state index contributed by atoms with van der Waals surface area (Å²) in [5, 5.41) is 0. The van der Waals surface area contributed by atoms with E-state index in [0.29, 0.717) is 25.7 Å². The average molecular weight is 270 g/mol. The van der Waals surface area contributed by atoms with Crippen LogP contribution in [-0.4, -0.2) is 23.4 Å². The number of ether oxygens (including phenoxy) is 2. The van der Waals surface area contributed by atoms with E-state index in [0.717, 1.165) is 32.1 Å². The van der Waals surface area contributed by atoms with Gasteiger partial charge in [0.1, 0.15) is 0 Å². The first kappa shape index (κ1) is 14.3. The molecule has 108 valence electrons. The summed E-state index contributed by atoms with van der Waals surface area (Å²) in [6.45, 7) is 0. The summed E-state index contributed by atoms with van der Waals surface area (Å²) >= 11 is 0. The Morgan fingerprint density at radius 3 is 1.37 bits per heavy atom. The predicted molar refractivity (Wildman–Crippen MR) is 67.6 cm³/mol. The van der Waals surface area contributed by atoms with E-state index in [2.05, 4.69) is 0 Å². The number of hydrogen-bond acceptors (Lipinski definition) is 6. The largest absolute Gasteiger partial charge is 0.436 e. The van der Waals surface area contributed by atoms with Gasteiger partial charge in [0.05, 0.1) is 0 Å². The zero-order valence-corrected chi connectivity index (χ0v) is 11.2. The lowest BCUT2D eigenvalue weighted by molar-refractivity contribution is -0.187. The van der Waals surface area contributed by atoms with Crippen molar-refractivity contribution < 1.29 is 19.1 Å². The van der Waals surface area contributed by atoms with Crippen molar-refractivity contribution in [1.82, 2.24) is 0 Å². The Bertz CT molecular complexity index is 358. The molecule has 0 aromatic carbocycles. The molecule has 4 N–H and O–H groups in total. The lowest BCUT2D eigenvalue weighted by atomic mass is 9.92. The van der Waals surface area contributed by atoms with Gasteiger partial charge >= 0.3 is 11.9 Å². The first-order chi connectivity index (χ1) is 8.93. The van der Waals surface area contributed by atoms with Crippen molar-refractivity contribution in [3.05, 3.63) is 0 Å². The molecule has 0 aromatic heterocycles. The minimum absolute atomic E-state index is 0.583. The molecule has 2 saturated carbocycles. The quantitative estimate of drug-likeness (QED) is 0.439. The second-order valence-corrected chi connectivity index (χ2v) is 5.68. The maximum absolute atomic E-state index is 11.7. The van der Waals surface area contributed by atoms with Crippen molar-refractivity contribution in [2.75, 3.05) is 0 Å². The Kier molecular flexibility index (Phi) is 4.10. The lowest BCUT2D eigenvalue weighted by Gasteiger charge is -2.32. The molecular formula is C13H22N2O4. The molecule has 2 aliphatic carbocycles. The van der Waals surface area contributed by atoms with Gasteiger partial charge in [0.15, 0.2) is 11.4 Å². The zero-order chi connectivity index (χ0) is 13.9. The minimum Gasteiger partial charge on any atom is -0.436 e. The summed E-state index contributed by atoms with van der Waals surface area (Å²) in [7, 11) is 0. The monoisotopic (exact) mass is 270 g/mol. The lowest BCUT2D eigenvalue weighted by Crippen LogP contribution is -2.49. The van der Waals surface area contributed by atoms with Crippen LogP contribution >= 0.6 is 0 Å². The Morgan fingerprint density at radius 2 is 1.00 bits per heavy atom. The third kappa shape index (κ3) is 3.67. The van der Waals surface area contributed by atoms with E-state index < -0.39 is 23.4 Å². The third-order valence-electron chi connectivity index (χ3n) is 3.91. The highest BCUT2D eigenvalue weighted by atomic mass is 16.6. The summed E-state index contributed by atoms with van der Waals surface area (Å²) in [5.41, 5.74) is 9.81. The van der Waals surface area contributed by atoms with Crippen molar-refractivity contribution >= 4 is 11.9 Å². The van der Waals surface area contributed by atoms with E-state index in [-0.39, 0.29) is 0 Å². The molecule has 0 atom stereocenters. The van der Waals surface area contributed by atoms with E-state index in [1.807, 2.05) is 0 Å². The van der Waals surface area contributed by atoms with E-state index in [4.69, 9.17) is 20.9 Å². The molecule has 6 heteroatoms. The summed E-state index contributed by atoms with van der Waals surface area (Å²) in [4.78, 5) is 23.4. The van der Waals surface area contributed by atoms with Crippen LogP contribution in [0.3, 0.4) is 0 Å². The fourth-order valence-corrected chi connectivity index (χ4v) is 2.78. The zero-order valence-electron chi connectivity index (χ0n) is 11.2. The molecule has 0 saturated heterocycles. The number of nitrogens with two attached hydrogens (primary N) is 2. The number of hydrogen-bond donors (Lipinski definition) is 2. The van der Waals surface area contributed by atoms with Gasteiger partial charge in [-0.05, 0) is 25.7 Å². The molecule has 0 aromatic rings. The number of carbonyl (C=O) groups excluding carboxylic acids is 2. The van der Waals surface area contributed by atoms with Crippen molar-refractivity contribution in [1.29, 1.82) is 0 Å². The van der Waals surface area contributed by atoms with Gasteiger partial charge in [0.25, 0.3) is 0 Å². The van der Waals surface area contributed by atoms with E-state index in [1.165, 1.54) is 0 Å². The van der Waals surface area contributed by atoms with Crippen molar-refractivity contribution in [3.63, 3.8) is 0 Å². The van der Waals surface area contributed by atoms with Crippen LogP contribution in [0.4, 0.5) is 0 Å². The highest BCUT2D eigenvalue weighted by Crippen LogP contribution is 2.29. The van der Waals surface area contributed by atoms with Crippen LogP contribution in [0.2, 0.25) is 0 Å². The smallest absolute Gasteiger partial charge is 0.419 e. The standard InChI is InChI=1S/C13H22N2O4/c14-12(6-2-1-3-7-12)18-10(16)11(17)19-13(15)8-4-5-9-13/h1-9,14-15H2. The summed E-state index contributed by atoms with van der Waals surface area (Å²) in [5.74, 6) is -2.05. The van der Waals surface area contributed by atoms with Gasteiger partial charge in [-0.2, -0.15) is 0 Å². The maximum atomic E-state index is 11.7. The van der Waals surface area contributed by atoms with Crippen molar-refractivity contribution in [2.24, 2.45) is 11.5 Å². The van der Waals surface area contributed by atoms with Gasteiger partial charge in [-0.1, -0.05) is 6.42 Å². The van der Waals surface area contributed by atoms with Gasteiger partial charge in [-0.15, -0.1) is 0 Å². The summed E-state index contributed by atoms with van der Waals surface area (Å²) in [6.07, 6.45) is 7.02. The molecule has 0 amide bonds. The topological polar surface area (TPSA) is 105 Å². The highest BCUT2D eigenvalue weighted by Gasteiger charge is 2.39. The fraction of sp³-hybridized carbons (Fsp3) is 0.846. The van der Waals surface area contributed by atoms with Crippen LogP contribution in [0.15, 0.2) is 0 Å². The molecule has 6 nitrogen and oxygen atoms in total. The second-order valence-electron chi connectivity index (χ2n) is 5.68. The summed E-state index contributed by atoms with van der Waals surface area (Å²) in [6, 6.07) is 0. The van der Waals surface area contributed by atoms with Crippen LogP contribution in [0.25, 0.3) is 0 Å². The van der Waals surface area contributed by atoms with Gasteiger partial charge in [-0.3, -0.25) is 11.5 Å². The number of carbonyl (C=O) groups is 2. The molecule has 2 rings (SSSR count).